The number of aryl methyl sites for hydroxylation is 2. The fourth-order valence-corrected chi connectivity index (χ4v) is 5.45. The van der Waals surface area contributed by atoms with Gasteiger partial charge in [-0.25, -0.2) is 0 Å². The predicted molar refractivity (Wildman–Crippen MR) is 135 cm³/mol. The van der Waals surface area contributed by atoms with E-state index >= 15 is 0 Å². The second-order valence-corrected chi connectivity index (χ2v) is 9.32. The standard InChI is InChI=1S/C31H30O2/c1-4-5-30(33)22-8-10-23(11-9-22)31(24-12-14-25(32)15-13-24)28-18-20(2)6-16-26(28)27-17-7-21(3)19-29(27)31/h6-19,30,32-33H,4-5H2,1-3H3. The molecule has 5 rings (SSSR count). The van der Waals surface area contributed by atoms with E-state index in [1.807, 2.05) is 12.1 Å². The van der Waals surface area contributed by atoms with Crippen LogP contribution in [-0.4, -0.2) is 10.2 Å². The summed E-state index contributed by atoms with van der Waals surface area (Å²) in [5.41, 5.74) is 10.2. The molecule has 0 saturated carbocycles. The van der Waals surface area contributed by atoms with E-state index in [4.69, 9.17) is 0 Å². The number of phenolic OH excluding ortho intramolecular Hbond substituents is 1. The summed E-state index contributed by atoms with van der Waals surface area (Å²) in [6.07, 6.45) is 1.26. The fourth-order valence-electron chi connectivity index (χ4n) is 5.45. The largest absolute Gasteiger partial charge is 0.508 e. The lowest BCUT2D eigenvalue weighted by Crippen LogP contribution is -2.28. The molecule has 0 radical (unpaired) electrons. The fraction of sp³-hybridized carbons (Fsp3) is 0.226. The normalized spacial score (nSPS) is 14.5. The maximum Gasteiger partial charge on any atom is 0.115 e. The topological polar surface area (TPSA) is 40.5 Å². The molecule has 1 aliphatic carbocycles. The minimum atomic E-state index is -0.495. The predicted octanol–water partition coefficient (Wildman–Crippen LogP) is 7.21. The van der Waals surface area contributed by atoms with Crippen molar-refractivity contribution in [1.82, 2.24) is 0 Å². The molecule has 2 N–H and O–H groups in total. The minimum Gasteiger partial charge on any atom is -0.508 e. The van der Waals surface area contributed by atoms with Gasteiger partial charge in [-0.3, -0.25) is 0 Å². The molecule has 1 unspecified atom stereocenters. The van der Waals surface area contributed by atoms with Gasteiger partial charge in [0.2, 0.25) is 0 Å². The first-order valence-electron chi connectivity index (χ1n) is 11.8. The van der Waals surface area contributed by atoms with Crippen molar-refractivity contribution >= 4 is 0 Å². The first-order valence-corrected chi connectivity index (χ1v) is 11.8. The summed E-state index contributed by atoms with van der Waals surface area (Å²) < 4.78 is 0. The number of fused-ring (bicyclic) bond motifs is 3. The third-order valence-electron chi connectivity index (χ3n) is 7.04. The van der Waals surface area contributed by atoms with Gasteiger partial charge in [-0.15, -0.1) is 0 Å². The smallest absolute Gasteiger partial charge is 0.115 e. The molecule has 0 bridgehead atoms. The van der Waals surface area contributed by atoms with Crippen molar-refractivity contribution < 1.29 is 10.2 Å². The molecule has 4 aromatic rings. The Morgan fingerprint density at radius 1 is 0.697 bits per heavy atom. The lowest BCUT2D eigenvalue weighted by molar-refractivity contribution is 0.166. The highest BCUT2D eigenvalue weighted by Crippen LogP contribution is 2.56. The molecule has 2 heteroatoms. The third-order valence-corrected chi connectivity index (χ3v) is 7.04. The molecule has 0 fully saturated rings. The van der Waals surface area contributed by atoms with Crippen LogP contribution in [0.2, 0.25) is 0 Å². The number of hydrogen-bond donors (Lipinski definition) is 2. The van der Waals surface area contributed by atoms with Crippen molar-refractivity contribution in [1.29, 1.82) is 0 Å². The van der Waals surface area contributed by atoms with Crippen molar-refractivity contribution in [2.75, 3.05) is 0 Å². The molecule has 0 aromatic heterocycles. The molecule has 0 spiro atoms. The van der Waals surface area contributed by atoms with Gasteiger partial charge in [-0.05, 0) is 71.3 Å². The Labute approximate surface area is 196 Å². The zero-order valence-corrected chi connectivity index (χ0v) is 19.5. The monoisotopic (exact) mass is 434 g/mol. The highest BCUT2D eigenvalue weighted by Gasteiger charge is 2.46. The Morgan fingerprint density at radius 3 is 1.67 bits per heavy atom. The van der Waals surface area contributed by atoms with Crippen LogP contribution in [0.15, 0.2) is 84.9 Å². The number of benzene rings is 4. The van der Waals surface area contributed by atoms with Crippen LogP contribution < -0.4 is 0 Å². The Hall–Kier alpha value is -3.36. The summed E-state index contributed by atoms with van der Waals surface area (Å²) in [5.74, 6) is 0.263. The number of phenols is 1. The van der Waals surface area contributed by atoms with Crippen LogP contribution in [0, 0.1) is 13.8 Å². The van der Waals surface area contributed by atoms with Crippen LogP contribution >= 0.6 is 0 Å². The highest BCUT2D eigenvalue weighted by molar-refractivity contribution is 5.86. The van der Waals surface area contributed by atoms with E-state index in [9.17, 15) is 10.2 Å². The highest BCUT2D eigenvalue weighted by atomic mass is 16.3. The first kappa shape index (κ1) is 21.5. The number of aliphatic hydroxyl groups is 1. The van der Waals surface area contributed by atoms with Gasteiger partial charge >= 0.3 is 0 Å². The van der Waals surface area contributed by atoms with E-state index in [2.05, 4.69) is 81.4 Å². The SMILES string of the molecule is CCCC(O)c1ccc(C2(c3ccc(O)cc3)c3cc(C)ccc3-c3ccc(C)cc32)cc1. The Balaban J connectivity index is 1.84. The van der Waals surface area contributed by atoms with E-state index in [0.717, 1.165) is 29.5 Å². The van der Waals surface area contributed by atoms with Crippen molar-refractivity contribution in [3.05, 3.63) is 124 Å². The lowest BCUT2D eigenvalue weighted by Gasteiger charge is -2.34. The number of aromatic hydroxyl groups is 1. The van der Waals surface area contributed by atoms with Crippen LogP contribution in [0.3, 0.4) is 0 Å². The third kappa shape index (κ3) is 3.37. The van der Waals surface area contributed by atoms with Gasteiger partial charge in [0.05, 0.1) is 11.5 Å². The van der Waals surface area contributed by atoms with Crippen molar-refractivity contribution in [3.8, 4) is 16.9 Å². The Morgan fingerprint density at radius 2 is 1.18 bits per heavy atom. The average molecular weight is 435 g/mol. The number of hydrogen-bond acceptors (Lipinski definition) is 2. The van der Waals surface area contributed by atoms with Crippen LogP contribution in [0.4, 0.5) is 0 Å². The zero-order valence-electron chi connectivity index (χ0n) is 19.5. The molecule has 1 aliphatic rings. The summed E-state index contributed by atoms with van der Waals surface area (Å²) in [6, 6.07) is 29.6. The molecule has 166 valence electrons. The van der Waals surface area contributed by atoms with Gasteiger partial charge in [-0.1, -0.05) is 97.3 Å². The maximum absolute atomic E-state index is 10.5. The van der Waals surface area contributed by atoms with Gasteiger partial charge < -0.3 is 10.2 Å². The van der Waals surface area contributed by atoms with Gasteiger partial charge in [-0.2, -0.15) is 0 Å². The van der Waals surface area contributed by atoms with Crippen LogP contribution in [0.1, 0.15) is 64.8 Å². The summed E-state index contributed by atoms with van der Waals surface area (Å²) >= 11 is 0. The second kappa shape index (κ2) is 8.20. The number of rotatable bonds is 5. The molecule has 0 heterocycles. The minimum absolute atomic E-state index is 0.263. The van der Waals surface area contributed by atoms with Crippen LogP contribution in [0.5, 0.6) is 5.75 Å². The van der Waals surface area contributed by atoms with E-state index in [0.29, 0.717) is 0 Å². The molecular weight excluding hydrogens is 404 g/mol. The molecule has 1 atom stereocenters. The van der Waals surface area contributed by atoms with E-state index < -0.39 is 11.5 Å². The molecule has 4 aromatic carbocycles. The molecule has 0 aliphatic heterocycles. The molecular formula is C31H30O2. The Kier molecular flexibility index (Phi) is 5.34. The number of aliphatic hydroxyl groups excluding tert-OH is 1. The summed E-state index contributed by atoms with van der Waals surface area (Å²) in [5, 5.41) is 20.6. The molecule has 0 saturated heterocycles. The lowest BCUT2D eigenvalue weighted by atomic mass is 9.67. The van der Waals surface area contributed by atoms with Crippen molar-refractivity contribution in [3.63, 3.8) is 0 Å². The van der Waals surface area contributed by atoms with Gasteiger partial charge in [0.25, 0.3) is 0 Å². The van der Waals surface area contributed by atoms with Crippen LogP contribution in [0.25, 0.3) is 11.1 Å². The van der Waals surface area contributed by atoms with Gasteiger partial charge in [0, 0.05) is 0 Å². The average Bonchev–Trinajstić information content (AvgIpc) is 3.09. The van der Waals surface area contributed by atoms with E-state index in [1.54, 1.807) is 12.1 Å². The second-order valence-electron chi connectivity index (χ2n) is 9.32. The summed E-state index contributed by atoms with van der Waals surface area (Å²) in [4.78, 5) is 0. The maximum atomic E-state index is 10.5. The molecule has 0 amide bonds. The van der Waals surface area contributed by atoms with Crippen molar-refractivity contribution in [2.24, 2.45) is 0 Å². The first-order chi connectivity index (χ1) is 15.9. The summed E-state index contributed by atoms with van der Waals surface area (Å²) in [6.45, 7) is 6.37. The van der Waals surface area contributed by atoms with Crippen LogP contribution in [-0.2, 0) is 5.41 Å². The molecule has 33 heavy (non-hydrogen) atoms. The quantitative estimate of drug-likeness (QED) is 0.307. The Bertz CT molecular complexity index is 1250. The van der Waals surface area contributed by atoms with Gasteiger partial charge in [0.15, 0.2) is 0 Å². The van der Waals surface area contributed by atoms with E-state index in [1.165, 1.54) is 33.4 Å². The molecule has 2 nitrogen and oxygen atoms in total. The zero-order chi connectivity index (χ0) is 23.2. The van der Waals surface area contributed by atoms with Crippen molar-refractivity contribution in [2.45, 2.75) is 45.1 Å². The van der Waals surface area contributed by atoms with Gasteiger partial charge in [0.1, 0.15) is 5.75 Å². The summed E-state index contributed by atoms with van der Waals surface area (Å²) in [7, 11) is 0. The van der Waals surface area contributed by atoms with E-state index in [-0.39, 0.29) is 5.75 Å².